The molecule has 100 valence electrons. The van der Waals surface area contributed by atoms with Crippen LogP contribution in [0.2, 0.25) is 5.15 Å². The van der Waals surface area contributed by atoms with Crippen molar-refractivity contribution in [3.05, 3.63) is 21.9 Å². The van der Waals surface area contributed by atoms with Crippen LogP contribution in [0.1, 0.15) is 25.7 Å². The van der Waals surface area contributed by atoms with Gasteiger partial charge >= 0.3 is 0 Å². The van der Waals surface area contributed by atoms with Gasteiger partial charge in [-0.05, 0) is 34.3 Å². The Morgan fingerprint density at radius 3 is 2.83 bits per heavy atom. The van der Waals surface area contributed by atoms with Crippen molar-refractivity contribution in [2.45, 2.75) is 30.6 Å². The van der Waals surface area contributed by atoms with Gasteiger partial charge in [0.25, 0.3) is 0 Å². The lowest BCUT2D eigenvalue weighted by atomic mass is 9.83. The molecule has 0 amide bonds. The molecule has 0 radical (unpaired) electrons. The molecule has 0 aliphatic heterocycles. The quantitative estimate of drug-likeness (QED) is 0.828. The van der Waals surface area contributed by atoms with Gasteiger partial charge in [0, 0.05) is 17.2 Å². The van der Waals surface area contributed by atoms with Gasteiger partial charge in [0.2, 0.25) is 10.0 Å². The third-order valence-electron chi connectivity index (χ3n) is 3.13. The number of sulfonamides is 1. The van der Waals surface area contributed by atoms with Crippen LogP contribution in [0.3, 0.4) is 0 Å². The van der Waals surface area contributed by atoms with E-state index in [-0.39, 0.29) is 10.0 Å². The number of hydrogen-bond donors (Lipinski definition) is 1. The molecule has 1 aromatic heterocycles. The zero-order chi connectivity index (χ0) is 13.2. The van der Waals surface area contributed by atoms with Gasteiger partial charge in [-0.2, -0.15) is 0 Å². The normalized spacial score (nSPS) is 16.6. The van der Waals surface area contributed by atoms with Crippen LogP contribution in [0.15, 0.2) is 21.6 Å². The van der Waals surface area contributed by atoms with E-state index in [1.807, 2.05) is 0 Å². The van der Waals surface area contributed by atoms with Crippen molar-refractivity contribution in [2.75, 3.05) is 6.54 Å². The summed E-state index contributed by atoms with van der Waals surface area (Å²) in [7, 11) is -3.57. The molecule has 7 heteroatoms. The lowest BCUT2D eigenvalue weighted by Gasteiger charge is -2.25. The summed E-state index contributed by atoms with van der Waals surface area (Å²) in [5, 5.41) is -0.00524. The second-order valence-electron chi connectivity index (χ2n) is 4.43. The molecular formula is C11H14BrClN2O2S. The Bertz CT molecular complexity index is 532. The van der Waals surface area contributed by atoms with Crippen molar-refractivity contribution in [1.82, 2.24) is 9.71 Å². The summed E-state index contributed by atoms with van der Waals surface area (Å²) in [5.41, 5.74) is 0. The standard InChI is InChI=1S/C11H14BrClN2O2S/c12-9-6-10(11(13)14-7-9)18(16,17)15-5-4-8-2-1-3-8/h6-8,15H,1-5H2. The summed E-state index contributed by atoms with van der Waals surface area (Å²) in [4.78, 5) is 3.84. The topological polar surface area (TPSA) is 59.1 Å². The molecule has 1 saturated carbocycles. The van der Waals surface area contributed by atoms with Crippen LogP contribution in [0.4, 0.5) is 0 Å². The number of hydrogen-bond acceptors (Lipinski definition) is 3. The molecule has 1 aliphatic rings. The lowest BCUT2D eigenvalue weighted by molar-refractivity contribution is 0.297. The second-order valence-corrected chi connectivity index (χ2v) is 7.43. The minimum Gasteiger partial charge on any atom is -0.242 e. The van der Waals surface area contributed by atoms with Crippen LogP contribution in [-0.4, -0.2) is 19.9 Å². The molecule has 1 aromatic rings. The van der Waals surface area contributed by atoms with Crippen LogP contribution >= 0.6 is 27.5 Å². The third kappa shape index (κ3) is 3.44. The molecule has 0 unspecified atom stereocenters. The first-order valence-electron chi connectivity index (χ1n) is 5.80. The van der Waals surface area contributed by atoms with Crippen molar-refractivity contribution in [2.24, 2.45) is 5.92 Å². The molecule has 1 N–H and O–H groups in total. The number of rotatable bonds is 5. The molecule has 0 saturated heterocycles. The maximum atomic E-state index is 12.0. The summed E-state index contributed by atoms with van der Waals surface area (Å²) < 4.78 is 27.2. The molecule has 0 spiro atoms. The van der Waals surface area contributed by atoms with Crippen LogP contribution in [0.5, 0.6) is 0 Å². The fourth-order valence-electron chi connectivity index (χ4n) is 1.85. The Morgan fingerprint density at radius 2 is 2.22 bits per heavy atom. The van der Waals surface area contributed by atoms with Crippen molar-refractivity contribution < 1.29 is 8.42 Å². The summed E-state index contributed by atoms with van der Waals surface area (Å²) >= 11 is 9.00. The van der Waals surface area contributed by atoms with E-state index in [1.54, 1.807) is 0 Å². The summed E-state index contributed by atoms with van der Waals surface area (Å²) in [6, 6.07) is 1.46. The SMILES string of the molecule is O=S(=O)(NCCC1CCC1)c1cc(Br)cnc1Cl. The first-order valence-corrected chi connectivity index (χ1v) is 8.45. The third-order valence-corrected chi connectivity index (χ3v) is 5.45. The van der Waals surface area contributed by atoms with E-state index < -0.39 is 10.0 Å². The van der Waals surface area contributed by atoms with Crippen LogP contribution in [-0.2, 0) is 10.0 Å². The van der Waals surface area contributed by atoms with Crippen molar-refractivity contribution >= 4 is 37.6 Å². The fraction of sp³-hybridized carbons (Fsp3) is 0.545. The Labute approximate surface area is 120 Å². The van der Waals surface area contributed by atoms with E-state index in [9.17, 15) is 8.42 Å². The van der Waals surface area contributed by atoms with Crippen molar-refractivity contribution in [1.29, 1.82) is 0 Å². The van der Waals surface area contributed by atoms with Crippen molar-refractivity contribution in [3.8, 4) is 0 Å². The first kappa shape index (κ1) is 14.2. The Hall–Kier alpha value is -0.170. The molecule has 2 rings (SSSR count). The van der Waals surface area contributed by atoms with E-state index in [1.165, 1.54) is 31.5 Å². The fourth-order valence-corrected chi connectivity index (χ4v) is 3.84. The highest BCUT2D eigenvalue weighted by Crippen LogP contribution is 2.29. The largest absolute Gasteiger partial charge is 0.243 e. The van der Waals surface area contributed by atoms with Gasteiger partial charge in [-0.3, -0.25) is 0 Å². The predicted molar refractivity (Wildman–Crippen MR) is 74.1 cm³/mol. The summed E-state index contributed by atoms with van der Waals surface area (Å²) in [6.45, 7) is 0.454. The number of nitrogens with zero attached hydrogens (tertiary/aromatic N) is 1. The van der Waals surface area contributed by atoms with E-state index >= 15 is 0 Å². The Morgan fingerprint density at radius 1 is 1.50 bits per heavy atom. The molecule has 4 nitrogen and oxygen atoms in total. The minimum atomic E-state index is -3.57. The zero-order valence-corrected chi connectivity index (χ0v) is 12.9. The summed E-state index contributed by atoms with van der Waals surface area (Å²) in [6.07, 6.45) is 6.04. The van der Waals surface area contributed by atoms with E-state index in [4.69, 9.17) is 11.6 Å². The number of aromatic nitrogens is 1. The smallest absolute Gasteiger partial charge is 0.242 e. The predicted octanol–water partition coefficient (Wildman–Crippen LogP) is 2.97. The zero-order valence-electron chi connectivity index (χ0n) is 9.70. The highest BCUT2D eigenvalue weighted by Gasteiger charge is 2.21. The highest BCUT2D eigenvalue weighted by molar-refractivity contribution is 9.10. The number of pyridine rings is 1. The van der Waals surface area contributed by atoms with Crippen LogP contribution < -0.4 is 4.72 Å². The van der Waals surface area contributed by atoms with E-state index in [0.29, 0.717) is 16.9 Å². The van der Waals surface area contributed by atoms with E-state index in [2.05, 4.69) is 25.6 Å². The van der Waals surface area contributed by atoms with Gasteiger partial charge in [-0.15, -0.1) is 0 Å². The average molecular weight is 354 g/mol. The Kier molecular flexibility index (Phi) is 4.64. The summed E-state index contributed by atoms with van der Waals surface area (Å²) in [5.74, 6) is 0.670. The van der Waals surface area contributed by atoms with Crippen LogP contribution in [0.25, 0.3) is 0 Å². The minimum absolute atomic E-state index is 0.00524. The molecule has 1 aliphatic carbocycles. The molecule has 0 atom stereocenters. The van der Waals surface area contributed by atoms with Gasteiger partial charge in [0.1, 0.15) is 10.0 Å². The van der Waals surface area contributed by atoms with Gasteiger partial charge in [0.05, 0.1) is 0 Å². The van der Waals surface area contributed by atoms with Gasteiger partial charge < -0.3 is 0 Å². The number of halogens is 2. The van der Waals surface area contributed by atoms with E-state index in [0.717, 1.165) is 6.42 Å². The molecule has 18 heavy (non-hydrogen) atoms. The maximum Gasteiger partial charge on any atom is 0.243 e. The van der Waals surface area contributed by atoms with Gasteiger partial charge in [0.15, 0.2) is 0 Å². The lowest BCUT2D eigenvalue weighted by Crippen LogP contribution is -2.28. The maximum absolute atomic E-state index is 12.0. The highest BCUT2D eigenvalue weighted by atomic mass is 79.9. The van der Waals surface area contributed by atoms with Crippen LogP contribution in [0, 0.1) is 5.92 Å². The van der Waals surface area contributed by atoms with Gasteiger partial charge in [-0.1, -0.05) is 30.9 Å². The second kappa shape index (κ2) is 5.86. The molecule has 1 fully saturated rings. The molecule has 0 aromatic carbocycles. The molecular weight excluding hydrogens is 340 g/mol. The molecule has 0 bridgehead atoms. The van der Waals surface area contributed by atoms with Gasteiger partial charge in [-0.25, -0.2) is 18.1 Å². The molecule has 1 heterocycles. The Balaban J connectivity index is 2.02. The monoisotopic (exact) mass is 352 g/mol. The average Bonchev–Trinajstić information content (AvgIpc) is 2.25. The first-order chi connectivity index (χ1) is 8.49. The number of nitrogens with one attached hydrogen (secondary N) is 1. The van der Waals surface area contributed by atoms with Crippen molar-refractivity contribution in [3.63, 3.8) is 0 Å².